The normalized spacial score (nSPS) is 11.9. The summed E-state index contributed by atoms with van der Waals surface area (Å²) in [4.78, 5) is 0.459. The summed E-state index contributed by atoms with van der Waals surface area (Å²) in [7, 11) is -3.86. The van der Waals surface area contributed by atoms with Crippen molar-refractivity contribution in [3.63, 3.8) is 0 Å². The number of pyridine rings is 1. The van der Waals surface area contributed by atoms with Crippen molar-refractivity contribution in [2.24, 2.45) is 5.14 Å². The molecule has 0 aliphatic carbocycles. The molecule has 1 aromatic carbocycles. The molecule has 7 nitrogen and oxygen atoms in total. The zero-order chi connectivity index (χ0) is 15.0. The minimum absolute atomic E-state index is 0.0960. The summed E-state index contributed by atoms with van der Waals surface area (Å²) in [6.45, 7) is 0. The van der Waals surface area contributed by atoms with Gasteiger partial charge in [-0.15, -0.1) is 10.2 Å². The van der Waals surface area contributed by atoms with E-state index < -0.39 is 10.0 Å². The number of hydrogen-bond donors (Lipinski definition) is 2. The maximum Gasteiger partial charge on any atom is 0.240 e. The van der Waals surface area contributed by atoms with Crippen LogP contribution in [0.5, 0.6) is 0 Å². The van der Waals surface area contributed by atoms with Crippen molar-refractivity contribution in [1.82, 2.24) is 14.6 Å². The molecule has 0 aliphatic heterocycles. The number of hydrogen-bond acceptors (Lipinski definition) is 6. The van der Waals surface area contributed by atoms with Gasteiger partial charge >= 0.3 is 0 Å². The molecule has 3 aromatic rings. The second-order valence-corrected chi connectivity index (χ2v) is 6.77. The lowest BCUT2D eigenvalue weighted by Gasteiger charge is -2.08. The third kappa shape index (κ3) is 2.58. The SMILES string of the molecule is Nc1c(Sc2nnc3ccccn23)cccc1S(N)(=O)=O. The van der Waals surface area contributed by atoms with Gasteiger partial charge in [0, 0.05) is 11.1 Å². The Bertz CT molecular complexity index is 920. The van der Waals surface area contributed by atoms with Crippen molar-refractivity contribution >= 4 is 33.1 Å². The van der Waals surface area contributed by atoms with Crippen LogP contribution in [-0.4, -0.2) is 23.0 Å². The molecule has 0 atom stereocenters. The third-order valence-electron chi connectivity index (χ3n) is 2.82. The highest BCUT2D eigenvalue weighted by atomic mass is 32.2. The van der Waals surface area contributed by atoms with Gasteiger partial charge in [-0.3, -0.25) is 4.40 Å². The zero-order valence-corrected chi connectivity index (χ0v) is 12.3. The van der Waals surface area contributed by atoms with E-state index in [0.717, 1.165) is 0 Å². The molecule has 108 valence electrons. The first-order chi connectivity index (χ1) is 9.97. The van der Waals surface area contributed by atoms with Crippen LogP contribution in [0.1, 0.15) is 0 Å². The molecular weight excluding hydrogens is 310 g/mol. The molecule has 0 spiro atoms. The molecule has 21 heavy (non-hydrogen) atoms. The van der Waals surface area contributed by atoms with Crippen molar-refractivity contribution in [2.75, 3.05) is 5.73 Å². The molecule has 0 radical (unpaired) electrons. The molecule has 0 saturated carbocycles. The van der Waals surface area contributed by atoms with Crippen molar-refractivity contribution in [2.45, 2.75) is 14.9 Å². The quantitative estimate of drug-likeness (QED) is 0.698. The van der Waals surface area contributed by atoms with E-state index in [9.17, 15) is 8.42 Å². The number of nitrogens with zero attached hydrogens (tertiary/aromatic N) is 3. The number of nitrogens with two attached hydrogens (primary N) is 2. The Kier molecular flexibility index (Phi) is 3.32. The summed E-state index contributed by atoms with van der Waals surface area (Å²) in [6, 6.07) is 10.2. The van der Waals surface area contributed by atoms with E-state index >= 15 is 0 Å². The molecule has 0 amide bonds. The molecule has 0 aliphatic rings. The van der Waals surface area contributed by atoms with Gasteiger partial charge in [-0.1, -0.05) is 12.1 Å². The van der Waals surface area contributed by atoms with Gasteiger partial charge in [-0.25, -0.2) is 13.6 Å². The van der Waals surface area contributed by atoms with Gasteiger partial charge in [-0.05, 0) is 36.0 Å². The number of benzene rings is 1. The highest BCUT2D eigenvalue weighted by molar-refractivity contribution is 7.99. The van der Waals surface area contributed by atoms with E-state index in [4.69, 9.17) is 10.9 Å². The Morgan fingerprint density at radius 1 is 1.10 bits per heavy atom. The van der Waals surface area contributed by atoms with Crippen LogP contribution in [0, 0.1) is 0 Å². The fourth-order valence-corrected chi connectivity index (χ4v) is 3.50. The molecule has 4 N–H and O–H groups in total. The van der Waals surface area contributed by atoms with Gasteiger partial charge in [0.05, 0.1) is 5.69 Å². The molecule has 2 aromatic heterocycles. The molecule has 0 saturated heterocycles. The van der Waals surface area contributed by atoms with Gasteiger partial charge in [0.1, 0.15) is 4.90 Å². The topological polar surface area (TPSA) is 116 Å². The van der Waals surface area contributed by atoms with Crippen LogP contribution in [0.3, 0.4) is 0 Å². The van der Waals surface area contributed by atoms with E-state index in [1.807, 2.05) is 24.4 Å². The summed E-state index contributed by atoms with van der Waals surface area (Å²) in [5.41, 5.74) is 6.70. The van der Waals surface area contributed by atoms with Crippen LogP contribution in [0.2, 0.25) is 0 Å². The number of aromatic nitrogens is 3. The number of sulfonamides is 1. The number of fused-ring (bicyclic) bond motifs is 1. The van der Waals surface area contributed by atoms with Gasteiger partial charge in [0.15, 0.2) is 5.65 Å². The number of anilines is 1. The Hall–Kier alpha value is -2.10. The smallest absolute Gasteiger partial charge is 0.240 e. The molecule has 0 fully saturated rings. The third-order valence-corrected chi connectivity index (χ3v) is 4.82. The number of rotatable bonds is 3. The van der Waals surface area contributed by atoms with Gasteiger partial charge in [0.25, 0.3) is 0 Å². The zero-order valence-electron chi connectivity index (χ0n) is 10.7. The van der Waals surface area contributed by atoms with Gasteiger partial charge < -0.3 is 5.73 Å². The molecule has 0 bridgehead atoms. The summed E-state index contributed by atoms with van der Waals surface area (Å²) >= 11 is 1.22. The Balaban J connectivity index is 2.07. The van der Waals surface area contributed by atoms with Crippen LogP contribution in [0.15, 0.2) is 57.5 Å². The second-order valence-electron chi connectivity index (χ2n) is 4.23. The van der Waals surface area contributed by atoms with E-state index in [1.54, 1.807) is 16.5 Å². The molecule has 3 rings (SSSR count). The lowest BCUT2D eigenvalue weighted by atomic mass is 10.3. The van der Waals surface area contributed by atoms with E-state index in [1.165, 1.54) is 17.8 Å². The van der Waals surface area contributed by atoms with Crippen LogP contribution in [0.4, 0.5) is 5.69 Å². The van der Waals surface area contributed by atoms with Gasteiger partial charge in [-0.2, -0.15) is 0 Å². The Labute approximate surface area is 125 Å². The predicted molar refractivity (Wildman–Crippen MR) is 79.3 cm³/mol. The van der Waals surface area contributed by atoms with Crippen molar-refractivity contribution < 1.29 is 8.42 Å². The first kappa shape index (κ1) is 13.9. The van der Waals surface area contributed by atoms with E-state index in [0.29, 0.717) is 15.7 Å². The maximum atomic E-state index is 11.5. The lowest BCUT2D eigenvalue weighted by Crippen LogP contribution is -2.14. The average Bonchev–Trinajstić information content (AvgIpc) is 2.83. The Morgan fingerprint density at radius 3 is 2.67 bits per heavy atom. The van der Waals surface area contributed by atoms with Crippen molar-refractivity contribution in [3.8, 4) is 0 Å². The summed E-state index contributed by atoms with van der Waals surface area (Å²) in [5.74, 6) is 0. The predicted octanol–water partition coefficient (Wildman–Crippen LogP) is 1.11. The van der Waals surface area contributed by atoms with Crippen LogP contribution < -0.4 is 10.9 Å². The van der Waals surface area contributed by atoms with Crippen molar-refractivity contribution in [3.05, 3.63) is 42.6 Å². The summed E-state index contributed by atoms with van der Waals surface area (Å²) in [5, 5.41) is 13.8. The lowest BCUT2D eigenvalue weighted by molar-refractivity contribution is 0.598. The first-order valence-electron chi connectivity index (χ1n) is 5.86. The number of primary sulfonamides is 1. The van der Waals surface area contributed by atoms with E-state index in [2.05, 4.69) is 10.2 Å². The molecule has 9 heteroatoms. The molecular formula is C12H11N5O2S2. The van der Waals surface area contributed by atoms with E-state index in [-0.39, 0.29) is 10.6 Å². The number of para-hydroxylation sites is 1. The highest BCUT2D eigenvalue weighted by Gasteiger charge is 2.16. The van der Waals surface area contributed by atoms with Crippen LogP contribution >= 0.6 is 11.8 Å². The van der Waals surface area contributed by atoms with Crippen LogP contribution in [-0.2, 0) is 10.0 Å². The fraction of sp³-hybridized carbons (Fsp3) is 0. The largest absolute Gasteiger partial charge is 0.397 e. The highest BCUT2D eigenvalue weighted by Crippen LogP contribution is 2.34. The maximum absolute atomic E-state index is 11.5. The summed E-state index contributed by atoms with van der Waals surface area (Å²) in [6.07, 6.45) is 1.82. The average molecular weight is 321 g/mol. The second kappa shape index (κ2) is 5.02. The summed E-state index contributed by atoms with van der Waals surface area (Å²) < 4.78 is 24.7. The molecule has 2 heterocycles. The monoisotopic (exact) mass is 321 g/mol. The first-order valence-corrected chi connectivity index (χ1v) is 8.22. The minimum Gasteiger partial charge on any atom is -0.397 e. The van der Waals surface area contributed by atoms with Crippen molar-refractivity contribution in [1.29, 1.82) is 0 Å². The Morgan fingerprint density at radius 2 is 1.90 bits per heavy atom. The van der Waals surface area contributed by atoms with Crippen LogP contribution in [0.25, 0.3) is 5.65 Å². The molecule has 0 unspecified atom stereocenters. The standard InChI is InChI=1S/C12H11N5O2S2/c13-11-8(4-3-5-9(11)21(14,18)19)20-12-16-15-10-6-1-2-7-17(10)12/h1-7H,13H2,(H2,14,18,19). The number of nitrogen functional groups attached to an aromatic ring is 1. The fourth-order valence-electron chi connectivity index (χ4n) is 1.85. The van der Waals surface area contributed by atoms with Gasteiger partial charge in [0.2, 0.25) is 15.2 Å². The minimum atomic E-state index is -3.86.